The maximum Gasteiger partial charge on any atom is 0.208 e. The first-order valence-electron chi connectivity index (χ1n) is 5.86. The molecule has 5 nitrogen and oxygen atoms in total. The molecule has 0 radical (unpaired) electrons. The van der Waals surface area contributed by atoms with E-state index in [1.54, 1.807) is 23.1 Å². The molecule has 8 heteroatoms. The Hall–Kier alpha value is -0.600. The van der Waals surface area contributed by atoms with Crippen molar-refractivity contribution >= 4 is 44.2 Å². The molecule has 0 aliphatic carbocycles. The number of halogens is 1. The van der Waals surface area contributed by atoms with Gasteiger partial charge in [0.2, 0.25) is 5.13 Å². The van der Waals surface area contributed by atoms with E-state index in [1.165, 1.54) is 5.69 Å². The fourth-order valence-electron chi connectivity index (χ4n) is 1.55. The molecule has 0 aliphatic rings. The molecular formula is C11H16BrN5S2. The summed E-state index contributed by atoms with van der Waals surface area (Å²) in [5.41, 5.74) is 2.28. The van der Waals surface area contributed by atoms with Crippen LogP contribution in [0.5, 0.6) is 0 Å². The Kier molecular flexibility index (Phi) is 4.86. The Morgan fingerprint density at radius 1 is 1.37 bits per heavy atom. The summed E-state index contributed by atoms with van der Waals surface area (Å²) in [5, 5.41) is 13.7. The van der Waals surface area contributed by atoms with Gasteiger partial charge in [-0.3, -0.25) is 4.68 Å². The summed E-state index contributed by atoms with van der Waals surface area (Å²) in [6.07, 6.45) is 0.933. The van der Waals surface area contributed by atoms with Crippen LogP contribution in [0.1, 0.15) is 18.3 Å². The molecule has 0 amide bonds. The van der Waals surface area contributed by atoms with Crippen LogP contribution in [0.25, 0.3) is 0 Å². The Balaban J connectivity index is 2.07. The normalized spacial score (nSPS) is 11.0. The molecule has 0 spiro atoms. The van der Waals surface area contributed by atoms with Crippen LogP contribution in [0.4, 0.5) is 5.13 Å². The Bertz CT molecular complexity index is 563. The first kappa shape index (κ1) is 14.8. The number of hydrogen-bond donors (Lipinski definition) is 0. The van der Waals surface area contributed by atoms with Gasteiger partial charge < -0.3 is 4.90 Å². The standard InChI is InChI=1S/C11H16BrN5S2/c1-5-7-9(12)8(17(4)15-7)6-18-11-14-13-10(19-11)16(2)3/h5-6H2,1-4H3. The monoisotopic (exact) mass is 361 g/mol. The maximum absolute atomic E-state index is 4.49. The van der Waals surface area contributed by atoms with Gasteiger partial charge in [0.25, 0.3) is 0 Å². The zero-order chi connectivity index (χ0) is 14.0. The number of aromatic nitrogens is 4. The van der Waals surface area contributed by atoms with Crippen LogP contribution >= 0.6 is 39.0 Å². The summed E-state index contributed by atoms with van der Waals surface area (Å²) in [5.74, 6) is 0.839. The molecule has 0 aliphatic heterocycles. The van der Waals surface area contributed by atoms with Crippen LogP contribution < -0.4 is 4.90 Å². The van der Waals surface area contributed by atoms with Crippen LogP contribution in [-0.2, 0) is 19.2 Å². The second kappa shape index (κ2) is 6.23. The van der Waals surface area contributed by atoms with Gasteiger partial charge in [-0.05, 0) is 22.4 Å². The van der Waals surface area contributed by atoms with Crippen molar-refractivity contribution in [3.05, 3.63) is 15.9 Å². The van der Waals surface area contributed by atoms with E-state index >= 15 is 0 Å². The van der Waals surface area contributed by atoms with Gasteiger partial charge in [-0.2, -0.15) is 5.10 Å². The lowest BCUT2D eigenvalue weighted by Gasteiger charge is -2.03. The Morgan fingerprint density at radius 2 is 2.11 bits per heavy atom. The molecule has 2 rings (SSSR count). The Morgan fingerprint density at radius 3 is 2.63 bits per heavy atom. The molecule has 0 fully saturated rings. The van der Waals surface area contributed by atoms with Crippen molar-refractivity contribution in [3.8, 4) is 0 Å². The van der Waals surface area contributed by atoms with E-state index < -0.39 is 0 Å². The van der Waals surface area contributed by atoms with E-state index in [9.17, 15) is 0 Å². The number of rotatable bonds is 5. The van der Waals surface area contributed by atoms with Crippen LogP contribution in [-0.4, -0.2) is 34.1 Å². The van der Waals surface area contributed by atoms with Crippen LogP contribution in [0.15, 0.2) is 8.81 Å². The SMILES string of the molecule is CCc1nn(C)c(CSc2nnc(N(C)C)s2)c1Br. The lowest BCUT2D eigenvalue weighted by molar-refractivity contribution is 0.719. The quantitative estimate of drug-likeness (QED) is 0.766. The van der Waals surface area contributed by atoms with E-state index in [1.807, 2.05) is 30.7 Å². The summed E-state index contributed by atoms with van der Waals surface area (Å²) in [7, 11) is 5.92. The second-order valence-electron chi connectivity index (χ2n) is 4.22. The number of anilines is 1. The van der Waals surface area contributed by atoms with Gasteiger partial charge in [0.05, 0.1) is 15.9 Å². The highest BCUT2D eigenvalue weighted by molar-refractivity contribution is 9.10. The van der Waals surface area contributed by atoms with Crippen LogP contribution in [0.2, 0.25) is 0 Å². The lowest BCUT2D eigenvalue weighted by atomic mass is 10.3. The summed E-state index contributed by atoms with van der Waals surface area (Å²) in [4.78, 5) is 1.97. The molecule has 2 aromatic rings. The largest absolute Gasteiger partial charge is 0.353 e. The summed E-state index contributed by atoms with van der Waals surface area (Å²) < 4.78 is 4.03. The summed E-state index contributed by atoms with van der Waals surface area (Å²) in [6, 6.07) is 0. The molecule has 0 saturated heterocycles. The Labute approximate surface area is 129 Å². The number of hydrogen-bond acceptors (Lipinski definition) is 6. The van der Waals surface area contributed by atoms with E-state index in [0.717, 1.165) is 31.8 Å². The molecular weight excluding hydrogens is 346 g/mol. The van der Waals surface area contributed by atoms with Gasteiger partial charge in [-0.15, -0.1) is 10.2 Å². The van der Waals surface area contributed by atoms with Crippen molar-refractivity contribution in [1.82, 2.24) is 20.0 Å². The van der Waals surface area contributed by atoms with E-state index in [2.05, 4.69) is 38.1 Å². The smallest absolute Gasteiger partial charge is 0.208 e. The van der Waals surface area contributed by atoms with Crippen LogP contribution in [0, 0.1) is 0 Å². The van der Waals surface area contributed by atoms with Gasteiger partial charge in [0.15, 0.2) is 4.34 Å². The third-order valence-electron chi connectivity index (χ3n) is 2.61. The third kappa shape index (κ3) is 3.29. The molecule has 0 atom stereocenters. The maximum atomic E-state index is 4.49. The van der Waals surface area contributed by atoms with E-state index in [0.29, 0.717) is 0 Å². The third-order valence-corrected chi connectivity index (χ3v) is 5.76. The number of aryl methyl sites for hydroxylation is 2. The van der Waals surface area contributed by atoms with E-state index in [4.69, 9.17) is 0 Å². The molecule has 0 saturated carbocycles. The molecule has 0 N–H and O–H groups in total. The fraction of sp³-hybridized carbons (Fsp3) is 0.545. The van der Waals surface area contributed by atoms with Gasteiger partial charge in [0, 0.05) is 26.9 Å². The summed E-state index contributed by atoms with van der Waals surface area (Å²) >= 11 is 6.92. The van der Waals surface area contributed by atoms with Gasteiger partial charge in [0.1, 0.15) is 0 Å². The van der Waals surface area contributed by atoms with Gasteiger partial charge in [-0.25, -0.2) is 0 Å². The van der Waals surface area contributed by atoms with Crippen molar-refractivity contribution in [2.24, 2.45) is 7.05 Å². The molecule has 2 heterocycles. The van der Waals surface area contributed by atoms with Gasteiger partial charge in [-0.1, -0.05) is 30.0 Å². The second-order valence-corrected chi connectivity index (χ2v) is 7.19. The first-order valence-corrected chi connectivity index (χ1v) is 8.46. The van der Waals surface area contributed by atoms with Crippen molar-refractivity contribution < 1.29 is 0 Å². The average molecular weight is 362 g/mol. The number of nitrogens with zero attached hydrogens (tertiary/aromatic N) is 5. The average Bonchev–Trinajstić information content (AvgIpc) is 2.93. The predicted octanol–water partition coefficient (Wildman–Crippen LogP) is 2.95. The van der Waals surface area contributed by atoms with Crippen molar-refractivity contribution in [2.45, 2.75) is 23.4 Å². The number of thioether (sulfide) groups is 1. The minimum atomic E-state index is 0.839. The van der Waals surface area contributed by atoms with E-state index in [-0.39, 0.29) is 0 Å². The summed E-state index contributed by atoms with van der Waals surface area (Å²) in [6.45, 7) is 2.11. The topological polar surface area (TPSA) is 46.8 Å². The highest BCUT2D eigenvalue weighted by Crippen LogP contribution is 2.32. The molecule has 2 aromatic heterocycles. The zero-order valence-electron chi connectivity index (χ0n) is 11.3. The lowest BCUT2D eigenvalue weighted by Crippen LogP contribution is -2.07. The molecule has 0 aromatic carbocycles. The predicted molar refractivity (Wildman–Crippen MR) is 84.1 cm³/mol. The minimum absolute atomic E-state index is 0.839. The van der Waals surface area contributed by atoms with Crippen molar-refractivity contribution in [3.63, 3.8) is 0 Å². The highest BCUT2D eigenvalue weighted by Gasteiger charge is 2.14. The minimum Gasteiger partial charge on any atom is -0.353 e. The molecule has 19 heavy (non-hydrogen) atoms. The van der Waals surface area contributed by atoms with Crippen molar-refractivity contribution in [2.75, 3.05) is 19.0 Å². The fourth-order valence-corrected chi connectivity index (χ4v) is 4.32. The van der Waals surface area contributed by atoms with Gasteiger partial charge >= 0.3 is 0 Å². The molecule has 0 unspecified atom stereocenters. The highest BCUT2D eigenvalue weighted by atomic mass is 79.9. The zero-order valence-corrected chi connectivity index (χ0v) is 14.6. The molecule has 0 bridgehead atoms. The molecule has 104 valence electrons. The van der Waals surface area contributed by atoms with Crippen molar-refractivity contribution in [1.29, 1.82) is 0 Å². The first-order chi connectivity index (χ1) is 9.02. The van der Waals surface area contributed by atoms with Crippen LogP contribution in [0.3, 0.4) is 0 Å².